The third-order valence-corrected chi connectivity index (χ3v) is 6.51. The Labute approximate surface area is 134 Å². The molecule has 1 aromatic carbocycles. The third kappa shape index (κ3) is 3.42. The first-order valence-electron chi connectivity index (χ1n) is 6.49. The minimum atomic E-state index is -3.67. The molecule has 1 fully saturated rings. The summed E-state index contributed by atoms with van der Waals surface area (Å²) < 4.78 is 27.1. The van der Waals surface area contributed by atoms with E-state index in [-0.39, 0.29) is 21.8 Å². The van der Waals surface area contributed by atoms with Crippen LogP contribution in [0.2, 0.25) is 10.0 Å². The predicted octanol–water partition coefficient (Wildman–Crippen LogP) is 4.17. The van der Waals surface area contributed by atoms with E-state index in [1.165, 1.54) is 16.4 Å². The van der Waals surface area contributed by atoms with Crippen molar-refractivity contribution in [2.24, 2.45) is 0 Å². The van der Waals surface area contributed by atoms with Crippen LogP contribution in [0, 0.1) is 0 Å². The van der Waals surface area contributed by atoms with Crippen molar-refractivity contribution in [3.05, 3.63) is 28.2 Å². The van der Waals surface area contributed by atoms with E-state index in [1.807, 2.05) is 0 Å². The number of halogens is 3. The number of rotatable bonds is 3. The van der Waals surface area contributed by atoms with Gasteiger partial charge in [0.25, 0.3) is 0 Å². The summed E-state index contributed by atoms with van der Waals surface area (Å²) in [6.07, 6.45) is 3.63. The Morgan fingerprint density at radius 2 is 1.95 bits per heavy atom. The van der Waals surface area contributed by atoms with E-state index >= 15 is 0 Å². The fourth-order valence-corrected chi connectivity index (χ4v) is 5.26. The molecular formula is C13H16Cl3NO2S. The van der Waals surface area contributed by atoms with Crippen LogP contribution in [0.25, 0.3) is 0 Å². The number of hydrogen-bond donors (Lipinski definition) is 0. The van der Waals surface area contributed by atoms with Crippen molar-refractivity contribution < 1.29 is 8.42 Å². The molecule has 0 amide bonds. The zero-order valence-corrected chi connectivity index (χ0v) is 13.9. The van der Waals surface area contributed by atoms with Gasteiger partial charge in [-0.05, 0) is 31.0 Å². The molecule has 1 unspecified atom stereocenters. The normalized spacial score (nSPS) is 21.6. The third-order valence-electron chi connectivity index (χ3n) is 3.48. The van der Waals surface area contributed by atoms with Crippen molar-refractivity contribution >= 4 is 44.8 Å². The summed E-state index contributed by atoms with van der Waals surface area (Å²) >= 11 is 17.9. The van der Waals surface area contributed by atoms with E-state index in [9.17, 15) is 8.42 Å². The number of nitrogens with zero attached hydrogens (tertiary/aromatic N) is 1. The van der Waals surface area contributed by atoms with E-state index < -0.39 is 10.0 Å². The average molecular weight is 357 g/mol. The van der Waals surface area contributed by atoms with Gasteiger partial charge < -0.3 is 0 Å². The molecule has 0 radical (unpaired) electrons. The highest BCUT2D eigenvalue weighted by Gasteiger charge is 2.33. The van der Waals surface area contributed by atoms with E-state index in [0.29, 0.717) is 11.6 Å². The Morgan fingerprint density at radius 3 is 2.65 bits per heavy atom. The summed E-state index contributed by atoms with van der Waals surface area (Å²) in [5.41, 5.74) is 0. The summed E-state index contributed by atoms with van der Waals surface area (Å²) in [6.45, 7) is 0.475. The van der Waals surface area contributed by atoms with Crippen molar-refractivity contribution in [1.29, 1.82) is 0 Å². The maximum Gasteiger partial charge on any atom is 0.244 e. The average Bonchev–Trinajstić information content (AvgIpc) is 2.66. The summed E-state index contributed by atoms with van der Waals surface area (Å²) in [5.74, 6) is 0.289. The van der Waals surface area contributed by atoms with Gasteiger partial charge in [0.15, 0.2) is 0 Å². The van der Waals surface area contributed by atoms with Gasteiger partial charge in [-0.25, -0.2) is 8.42 Å². The van der Waals surface area contributed by atoms with Gasteiger partial charge in [0.1, 0.15) is 4.90 Å². The highest BCUT2D eigenvalue weighted by molar-refractivity contribution is 7.89. The molecule has 1 aliphatic rings. The van der Waals surface area contributed by atoms with Crippen LogP contribution >= 0.6 is 34.8 Å². The Hall–Kier alpha value is -0.0000000000000000555. The van der Waals surface area contributed by atoms with E-state index in [1.54, 1.807) is 6.07 Å². The SMILES string of the molecule is O=S(=O)(c1cc(Cl)ccc1Cl)N1CCCCCC1CCl. The summed E-state index contributed by atoms with van der Waals surface area (Å²) in [4.78, 5) is 0.0590. The Kier molecular flexibility index (Phi) is 5.60. The van der Waals surface area contributed by atoms with Crippen molar-refractivity contribution in [3.63, 3.8) is 0 Å². The van der Waals surface area contributed by atoms with Gasteiger partial charge >= 0.3 is 0 Å². The lowest BCUT2D eigenvalue weighted by atomic mass is 10.1. The second kappa shape index (κ2) is 6.84. The fourth-order valence-electron chi connectivity index (χ4n) is 2.42. The molecule has 20 heavy (non-hydrogen) atoms. The molecule has 0 N–H and O–H groups in total. The van der Waals surface area contributed by atoms with Crippen LogP contribution in [0.1, 0.15) is 25.7 Å². The van der Waals surface area contributed by atoms with Crippen molar-refractivity contribution in [2.45, 2.75) is 36.6 Å². The van der Waals surface area contributed by atoms with Gasteiger partial charge in [0, 0.05) is 23.5 Å². The first-order chi connectivity index (χ1) is 9.46. The zero-order valence-electron chi connectivity index (χ0n) is 10.9. The van der Waals surface area contributed by atoms with Crippen molar-refractivity contribution in [2.75, 3.05) is 12.4 Å². The van der Waals surface area contributed by atoms with Crippen LogP contribution in [-0.2, 0) is 10.0 Å². The second-order valence-corrected chi connectivity index (χ2v) is 7.86. The highest BCUT2D eigenvalue weighted by Crippen LogP contribution is 2.31. The lowest BCUT2D eigenvalue weighted by molar-refractivity contribution is 0.345. The largest absolute Gasteiger partial charge is 0.244 e. The Morgan fingerprint density at radius 1 is 1.20 bits per heavy atom. The van der Waals surface area contributed by atoms with Gasteiger partial charge in [-0.2, -0.15) is 4.31 Å². The molecule has 1 atom stereocenters. The maximum atomic E-state index is 12.8. The van der Waals surface area contributed by atoms with Gasteiger partial charge in [-0.1, -0.05) is 36.0 Å². The molecule has 7 heteroatoms. The van der Waals surface area contributed by atoms with Crippen molar-refractivity contribution in [1.82, 2.24) is 4.31 Å². The van der Waals surface area contributed by atoms with Crippen LogP contribution in [-0.4, -0.2) is 31.2 Å². The van der Waals surface area contributed by atoms with Crippen LogP contribution in [0.4, 0.5) is 0 Å². The van der Waals surface area contributed by atoms with E-state index in [2.05, 4.69) is 0 Å². The van der Waals surface area contributed by atoms with Gasteiger partial charge in [-0.3, -0.25) is 0 Å². The predicted molar refractivity (Wildman–Crippen MR) is 83.3 cm³/mol. The first-order valence-corrected chi connectivity index (χ1v) is 9.22. The lowest BCUT2D eigenvalue weighted by Crippen LogP contribution is -2.41. The first kappa shape index (κ1) is 16.4. The molecule has 1 heterocycles. The number of sulfonamides is 1. The molecule has 3 nitrogen and oxygen atoms in total. The van der Waals surface area contributed by atoms with Gasteiger partial charge in [-0.15, -0.1) is 11.6 Å². The molecule has 0 saturated carbocycles. The monoisotopic (exact) mass is 355 g/mol. The molecule has 112 valence electrons. The minimum Gasteiger partial charge on any atom is -0.207 e. The van der Waals surface area contributed by atoms with Crippen molar-refractivity contribution in [3.8, 4) is 0 Å². The summed E-state index contributed by atoms with van der Waals surface area (Å²) in [7, 11) is -3.67. The van der Waals surface area contributed by atoms with Crippen LogP contribution in [0.5, 0.6) is 0 Å². The molecule has 1 saturated heterocycles. The molecule has 0 aliphatic carbocycles. The van der Waals surface area contributed by atoms with Crippen LogP contribution in [0.15, 0.2) is 23.1 Å². The standard InChI is InChI=1S/C13H16Cl3NO2S/c14-9-11-4-2-1-3-7-17(11)20(18,19)13-8-10(15)5-6-12(13)16/h5-6,8,11H,1-4,7,9H2. The summed E-state index contributed by atoms with van der Waals surface area (Å²) in [6, 6.07) is 4.29. The van der Waals surface area contributed by atoms with Gasteiger partial charge in [0.2, 0.25) is 10.0 Å². The molecule has 1 aliphatic heterocycles. The molecule has 0 bridgehead atoms. The molecule has 0 spiro atoms. The molecule has 2 rings (SSSR count). The topological polar surface area (TPSA) is 37.4 Å². The Balaban J connectivity index is 2.44. The molecular weight excluding hydrogens is 341 g/mol. The lowest BCUT2D eigenvalue weighted by Gasteiger charge is -2.28. The van der Waals surface area contributed by atoms with E-state index in [0.717, 1.165) is 25.7 Å². The minimum absolute atomic E-state index is 0.0590. The number of hydrogen-bond acceptors (Lipinski definition) is 2. The molecule has 0 aromatic heterocycles. The van der Waals surface area contributed by atoms with E-state index in [4.69, 9.17) is 34.8 Å². The van der Waals surface area contributed by atoms with Crippen LogP contribution in [0.3, 0.4) is 0 Å². The number of alkyl halides is 1. The quantitative estimate of drug-likeness (QED) is 0.762. The maximum absolute atomic E-state index is 12.8. The second-order valence-electron chi connectivity index (χ2n) is 4.85. The zero-order chi connectivity index (χ0) is 14.8. The highest BCUT2D eigenvalue weighted by atomic mass is 35.5. The smallest absolute Gasteiger partial charge is 0.207 e. The Bertz CT molecular complexity index is 577. The van der Waals surface area contributed by atoms with Crippen LogP contribution < -0.4 is 0 Å². The summed E-state index contributed by atoms with van der Waals surface area (Å²) in [5, 5.41) is 0.539. The fraction of sp³-hybridized carbons (Fsp3) is 0.538. The van der Waals surface area contributed by atoms with Gasteiger partial charge in [0.05, 0.1) is 5.02 Å². The molecule has 1 aromatic rings. The number of benzene rings is 1.